The van der Waals surface area contributed by atoms with Crippen LogP contribution in [0.3, 0.4) is 0 Å². The van der Waals surface area contributed by atoms with Crippen LogP contribution in [0, 0.1) is 11.8 Å². The predicted molar refractivity (Wildman–Crippen MR) is 98.9 cm³/mol. The summed E-state index contributed by atoms with van der Waals surface area (Å²) in [6.45, 7) is 9.10. The maximum absolute atomic E-state index is 2.28. The zero-order valence-corrected chi connectivity index (χ0v) is 14.3. The molecule has 0 spiro atoms. The lowest BCUT2D eigenvalue weighted by Crippen LogP contribution is -1.97. The Labute approximate surface area is 135 Å². The van der Waals surface area contributed by atoms with Crippen LogP contribution < -0.4 is 0 Å². The summed E-state index contributed by atoms with van der Waals surface area (Å²) in [6.07, 6.45) is 6.82. The van der Waals surface area contributed by atoms with Crippen molar-refractivity contribution < 1.29 is 0 Å². The Kier molecular flexibility index (Phi) is 6.00. The molecule has 2 rings (SSSR count). The van der Waals surface area contributed by atoms with Crippen LogP contribution in [0.1, 0.15) is 49.9 Å². The Morgan fingerprint density at radius 2 is 1.00 bits per heavy atom. The van der Waals surface area contributed by atoms with Crippen LogP contribution >= 0.6 is 0 Å². The second kappa shape index (κ2) is 7.98. The lowest BCUT2D eigenvalue weighted by molar-refractivity contribution is 0.646. The molecule has 22 heavy (non-hydrogen) atoms. The highest BCUT2D eigenvalue weighted by Gasteiger charge is 2.04. The summed E-state index contributed by atoms with van der Waals surface area (Å²) in [5.41, 5.74) is 5.57. The normalized spacial score (nSPS) is 11.7. The van der Waals surface area contributed by atoms with Crippen molar-refractivity contribution in [3.05, 3.63) is 70.8 Å². The maximum Gasteiger partial charge on any atom is -0.0224 e. The fourth-order valence-corrected chi connectivity index (χ4v) is 2.82. The van der Waals surface area contributed by atoms with Crippen LogP contribution in [0.15, 0.2) is 48.5 Å². The third-order valence-electron chi connectivity index (χ3n) is 3.81. The summed E-state index contributed by atoms with van der Waals surface area (Å²) < 4.78 is 0. The van der Waals surface area contributed by atoms with Crippen molar-refractivity contribution in [2.75, 3.05) is 0 Å². The minimum Gasteiger partial charge on any atom is -0.0625 e. The first-order valence-corrected chi connectivity index (χ1v) is 8.40. The summed E-state index contributed by atoms with van der Waals surface area (Å²) in [5.74, 6) is 1.37. The van der Waals surface area contributed by atoms with E-state index in [4.69, 9.17) is 0 Å². The Morgan fingerprint density at radius 1 is 0.636 bits per heavy atom. The minimum atomic E-state index is 0.683. The molecule has 0 aliphatic rings. The van der Waals surface area contributed by atoms with Gasteiger partial charge in [0, 0.05) is 0 Å². The van der Waals surface area contributed by atoms with Crippen LogP contribution in [0.25, 0.3) is 12.2 Å². The van der Waals surface area contributed by atoms with Gasteiger partial charge in [0.25, 0.3) is 0 Å². The average molecular weight is 292 g/mol. The lowest BCUT2D eigenvalue weighted by Gasteiger charge is -2.10. The van der Waals surface area contributed by atoms with Crippen LogP contribution in [0.2, 0.25) is 0 Å². The highest BCUT2D eigenvalue weighted by molar-refractivity contribution is 5.72. The quantitative estimate of drug-likeness (QED) is 0.552. The second-order valence-corrected chi connectivity index (χ2v) is 6.93. The molecular weight excluding hydrogens is 264 g/mol. The summed E-state index contributed by atoms with van der Waals surface area (Å²) >= 11 is 0. The van der Waals surface area contributed by atoms with Crippen molar-refractivity contribution in [2.24, 2.45) is 11.8 Å². The van der Waals surface area contributed by atoms with E-state index in [1.54, 1.807) is 0 Å². The predicted octanol–water partition coefficient (Wildman–Crippen LogP) is 6.25. The molecule has 0 radical (unpaired) electrons. The van der Waals surface area contributed by atoms with E-state index in [1.807, 2.05) is 0 Å². The number of hydrogen-bond acceptors (Lipinski definition) is 0. The van der Waals surface area contributed by atoms with Crippen molar-refractivity contribution in [3.63, 3.8) is 0 Å². The van der Waals surface area contributed by atoms with Gasteiger partial charge in [-0.2, -0.15) is 0 Å². The number of hydrogen-bond donors (Lipinski definition) is 0. The van der Waals surface area contributed by atoms with E-state index in [1.165, 1.54) is 22.3 Å². The van der Waals surface area contributed by atoms with Gasteiger partial charge >= 0.3 is 0 Å². The molecule has 116 valence electrons. The summed E-state index contributed by atoms with van der Waals surface area (Å²) in [4.78, 5) is 0. The summed E-state index contributed by atoms with van der Waals surface area (Å²) in [7, 11) is 0. The molecule has 0 aliphatic heterocycles. The van der Waals surface area contributed by atoms with E-state index in [-0.39, 0.29) is 0 Å². The standard InChI is InChI=1S/C22H28/c1-17(2)15-21-11-7-5-9-19(21)13-14-20-10-6-8-12-22(20)16-18(3)4/h5-14,17-18H,15-16H2,1-4H3. The van der Waals surface area contributed by atoms with Crippen LogP contribution in [0.4, 0.5) is 0 Å². The van der Waals surface area contributed by atoms with Crippen molar-refractivity contribution in [1.29, 1.82) is 0 Å². The maximum atomic E-state index is 2.28. The van der Waals surface area contributed by atoms with E-state index in [9.17, 15) is 0 Å². The molecule has 2 aromatic rings. The van der Waals surface area contributed by atoms with Gasteiger partial charge in [0.05, 0.1) is 0 Å². The van der Waals surface area contributed by atoms with Crippen LogP contribution in [-0.2, 0) is 12.8 Å². The molecule has 0 bridgehead atoms. The third kappa shape index (κ3) is 4.87. The SMILES string of the molecule is CC(C)Cc1ccccc1C=Cc1ccccc1CC(C)C. The Morgan fingerprint density at radius 3 is 1.36 bits per heavy atom. The molecule has 0 saturated heterocycles. The average Bonchev–Trinajstić information content (AvgIpc) is 2.46. The Hall–Kier alpha value is -1.82. The van der Waals surface area contributed by atoms with E-state index in [0.717, 1.165) is 12.8 Å². The fraction of sp³-hybridized carbons (Fsp3) is 0.364. The lowest BCUT2D eigenvalue weighted by atomic mass is 9.95. The molecule has 0 amide bonds. The van der Waals surface area contributed by atoms with Gasteiger partial charge in [-0.1, -0.05) is 88.4 Å². The topological polar surface area (TPSA) is 0 Å². The van der Waals surface area contributed by atoms with Gasteiger partial charge in [0.15, 0.2) is 0 Å². The van der Waals surface area contributed by atoms with E-state index in [0.29, 0.717) is 11.8 Å². The molecule has 0 aromatic heterocycles. The first kappa shape index (κ1) is 16.5. The molecule has 0 nitrogen and oxygen atoms in total. The highest BCUT2D eigenvalue weighted by Crippen LogP contribution is 2.20. The summed E-state index contributed by atoms with van der Waals surface area (Å²) in [6, 6.07) is 17.5. The van der Waals surface area contributed by atoms with Gasteiger partial charge in [-0.05, 0) is 46.9 Å². The van der Waals surface area contributed by atoms with Crippen molar-refractivity contribution in [1.82, 2.24) is 0 Å². The molecule has 0 unspecified atom stereocenters. The van der Waals surface area contributed by atoms with Gasteiger partial charge in [-0.3, -0.25) is 0 Å². The monoisotopic (exact) mass is 292 g/mol. The largest absolute Gasteiger partial charge is 0.0625 e. The van der Waals surface area contributed by atoms with Gasteiger partial charge in [-0.25, -0.2) is 0 Å². The van der Waals surface area contributed by atoms with Crippen LogP contribution in [0.5, 0.6) is 0 Å². The molecule has 0 aliphatic carbocycles. The van der Waals surface area contributed by atoms with Crippen molar-refractivity contribution in [3.8, 4) is 0 Å². The van der Waals surface area contributed by atoms with Gasteiger partial charge < -0.3 is 0 Å². The van der Waals surface area contributed by atoms with Crippen molar-refractivity contribution >= 4 is 12.2 Å². The first-order chi connectivity index (χ1) is 10.6. The third-order valence-corrected chi connectivity index (χ3v) is 3.81. The first-order valence-electron chi connectivity index (χ1n) is 8.40. The smallest absolute Gasteiger partial charge is 0.0224 e. The minimum absolute atomic E-state index is 0.683. The molecular formula is C22H28. The molecule has 0 heterocycles. The van der Waals surface area contributed by atoms with Gasteiger partial charge in [-0.15, -0.1) is 0 Å². The fourth-order valence-electron chi connectivity index (χ4n) is 2.82. The van der Waals surface area contributed by atoms with Crippen LogP contribution in [-0.4, -0.2) is 0 Å². The van der Waals surface area contributed by atoms with Crippen molar-refractivity contribution in [2.45, 2.75) is 40.5 Å². The van der Waals surface area contributed by atoms with E-state index in [2.05, 4.69) is 88.4 Å². The Bertz CT molecular complexity index is 562. The zero-order chi connectivity index (χ0) is 15.9. The molecule has 0 saturated carbocycles. The molecule has 0 atom stereocenters. The van der Waals surface area contributed by atoms with Gasteiger partial charge in [0.2, 0.25) is 0 Å². The highest BCUT2D eigenvalue weighted by atomic mass is 14.1. The second-order valence-electron chi connectivity index (χ2n) is 6.93. The molecule has 0 heteroatoms. The summed E-state index contributed by atoms with van der Waals surface area (Å²) in [5, 5.41) is 0. The molecule has 0 fully saturated rings. The molecule has 0 N–H and O–H groups in total. The Balaban J connectivity index is 2.26. The number of benzene rings is 2. The molecule has 2 aromatic carbocycles. The van der Waals surface area contributed by atoms with E-state index < -0.39 is 0 Å². The van der Waals surface area contributed by atoms with Gasteiger partial charge in [0.1, 0.15) is 0 Å². The number of rotatable bonds is 6. The van der Waals surface area contributed by atoms with E-state index >= 15 is 0 Å². The zero-order valence-electron chi connectivity index (χ0n) is 14.3.